The number of carbonyl (C=O) groups is 1. The molecule has 2 atom stereocenters. The lowest BCUT2D eigenvalue weighted by molar-refractivity contribution is -0.130. The summed E-state index contributed by atoms with van der Waals surface area (Å²) < 4.78 is 116. The SMILES string of the molecule is [2H]c1nc(N([C@H]2C([2H])([2H])N(C(=O)C([2H])([2H])[N+]#[C-])C([2H])([2H])C([2H])([2H])[C@@]2([2H])C)C([2H])([2H])[2H])c2c([2H])c(C)[nH]c2n1. The van der Waals surface area contributed by atoms with Gasteiger partial charge in [-0.3, -0.25) is 4.79 Å². The Labute approximate surface area is 161 Å². The molecule has 0 radical (unpaired) electrons. The van der Waals surface area contributed by atoms with E-state index in [0.29, 0.717) is 6.92 Å². The minimum Gasteiger partial charge on any atom is -0.354 e. The molecule has 7 nitrogen and oxygen atoms in total. The third-order valence-corrected chi connectivity index (χ3v) is 3.26. The third kappa shape index (κ3) is 2.92. The van der Waals surface area contributed by atoms with Crippen molar-refractivity contribution in [2.24, 2.45) is 5.89 Å². The Morgan fingerprint density at radius 1 is 1.79 bits per heavy atom. The third-order valence-electron chi connectivity index (χ3n) is 3.26. The van der Waals surface area contributed by atoms with E-state index in [1.165, 1.54) is 6.92 Å². The number of aromatic amines is 1. The Morgan fingerprint density at radius 2 is 2.62 bits per heavy atom. The number of nitrogens with zero attached hydrogens (tertiary/aromatic N) is 5. The number of aromatic nitrogens is 3. The predicted octanol–water partition coefficient (Wildman–Crippen LogP) is 1.86. The molecule has 1 fully saturated rings. The molecular weight excluding hydrogens is 304 g/mol. The number of nitrogens with one attached hydrogen (secondary N) is 1. The first-order valence-electron chi connectivity index (χ1n) is 13.7. The Morgan fingerprint density at radius 3 is 3.38 bits per heavy atom. The predicted molar refractivity (Wildman–Crippen MR) is 92.6 cm³/mol. The summed E-state index contributed by atoms with van der Waals surface area (Å²) in [5, 5.41) is -0.329. The van der Waals surface area contributed by atoms with Gasteiger partial charge in [0.15, 0.2) is 0 Å². The highest BCUT2D eigenvalue weighted by atomic mass is 16.2. The molecule has 24 heavy (non-hydrogen) atoms. The normalized spacial score (nSPS) is 39.9. The first-order chi connectivity index (χ1) is 16.9. The highest BCUT2D eigenvalue weighted by Gasteiger charge is 2.33. The molecule has 2 aromatic heterocycles. The highest BCUT2D eigenvalue weighted by molar-refractivity contribution is 5.88. The van der Waals surface area contributed by atoms with Crippen LogP contribution in [0.2, 0.25) is 0 Å². The minimum absolute atomic E-state index is 0.119. The Kier molecular flexibility index (Phi) is 1.71. The second kappa shape index (κ2) is 6.48. The fourth-order valence-corrected chi connectivity index (χ4v) is 2.16. The maximum Gasteiger partial charge on any atom is 0.302 e. The molecule has 0 saturated carbocycles. The minimum atomic E-state index is -3.76. The highest BCUT2D eigenvalue weighted by Crippen LogP contribution is 2.29. The maximum atomic E-state index is 13.0. The van der Waals surface area contributed by atoms with E-state index in [1.807, 2.05) is 0 Å². The molecular formula is C17H22N6O. The molecule has 1 aliphatic heterocycles. The fourth-order valence-electron chi connectivity index (χ4n) is 2.16. The van der Waals surface area contributed by atoms with Gasteiger partial charge in [0.05, 0.1) is 15.5 Å². The second-order valence-electron chi connectivity index (χ2n) is 4.93. The summed E-state index contributed by atoms with van der Waals surface area (Å²) in [7, 11) is 0. The number of likely N-dealkylation sites (N-methyl/N-ethyl adjacent to an activating group) is 1. The van der Waals surface area contributed by atoms with Crippen LogP contribution in [0, 0.1) is 19.4 Å². The van der Waals surface area contributed by atoms with E-state index in [1.54, 1.807) is 0 Å². The first-order valence-corrected chi connectivity index (χ1v) is 6.75. The number of hydrogen-bond acceptors (Lipinski definition) is 4. The van der Waals surface area contributed by atoms with Crippen LogP contribution >= 0.6 is 0 Å². The van der Waals surface area contributed by atoms with Gasteiger partial charge >= 0.3 is 5.91 Å². The molecule has 1 saturated heterocycles. The molecule has 0 spiro atoms. The summed E-state index contributed by atoms with van der Waals surface area (Å²) in [4.78, 5) is 25.3. The summed E-state index contributed by atoms with van der Waals surface area (Å²) in [5.41, 5.74) is -0.0453. The van der Waals surface area contributed by atoms with Crippen LogP contribution < -0.4 is 4.90 Å². The number of aryl methyl sites for hydroxylation is 1. The van der Waals surface area contributed by atoms with E-state index < -0.39 is 67.7 Å². The van der Waals surface area contributed by atoms with Crippen LogP contribution in [-0.2, 0) is 4.79 Å². The van der Waals surface area contributed by atoms with E-state index in [4.69, 9.17) is 25.8 Å². The average molecular weight is 340 g/mol. The number of H-pyrrole nitrogens is 1. The van der Waals surface area contributed by atoms with Crippen molar-refractivity contribution >= 4 is 22.8 Å². The summed E-state index contributed by atoms with van der Waals surface area (Å²) in [6.45, 7) is -5.42. The van der Waals surface area contributed by atoms with Crippen LogP contribution in [-0.4, -0.2) is 58.3 Å². The summed E-state index contributed by atoms with van der Waals surface area (Å²) >= 11 is 0. The van der Waals surface area contributed by atoms with Gasteiger partial charge in [-0.2, -0.15) is 0 Å². The van der Waals surface area contributed by atoms with Crippen LogP contribution in [0.3, 0.4) is 0 Å². The maximum absolute atomic E-state index is 13.0. The molecule has 3 heterocycles. The zero-order valence-electron chi connectivity index (χ0n) is 26.7. The molecule has 7 heteroatoms. The molecule has 3 rings (SSSR count). The standard InChI is InChI=1S/C17H22N6O/c1-11-5-6-23(15(24)8-18-3)9-14(11)22(4)17-13-7-12(2)21-16(13)19-10-20-17/h7,10-11,14H,5-6,8-9H2,1-2,4H3,(H,19,20,21)/t11-,14+/m1/s1/i4D3,5D2,6D2,7D,8D2,9D2,10D,11D. The molecule has 0 aromatic carbocycles. The smallest absolute Gasteiger partial charge is 0.302 e. The molecule has 0 aliphatic carbocycles. The van der Waals surface area contributed by atoms with Crippen LogP contribution in [0.25, 0.3) is 15.9 Å². The quantitative estimate of drug-likeness (QED) is 0.866. The molecule has 0 unspecified atom stereocenters. The number of rotatable bonds is 3. The lowest BCUT2D eigenvalue weighted by Crippen LogP contribution is -2.53. The van der Waals surface area contributed by atoms with Crippen molar-refractivity contribution in [2.45, 2.75) is 26.3 Å². The van der Waals surface area contributed by atoms with Gasteiger partial charge in [-0.05, 0) is 25.2 Å². The van der Waals surface area contributed by atoms with E-state index in [2.05, 4.69) is 19.8 Å². The summed E-state index contributed by atoms with van der Waals surface area (Å²) in [6.07, 6.45) is -4.37. The number of piperidine rings is 1. The topological polar surface area (TPSA) is 69.5 Å². The van der Waals surface area contributed by atoms with Crippen LogP contribution in [0.5, 0.6) is 0 Å². The zero-order valence-corrected chi connectivity index (χ0v) is 12.7. The Balaban J connectivity index is 2.50. The van der Waals surface area contributed by atoms with E-state index in [-0.39, 0.29) is 27.7 Å². The first kappa shape index (κ1) is 6.36. The van der Waals surface area contributed by atoms with Gasteiger partial charge in [-0.15, -0.1) is 0 Å². The zero-order chi connectivity index (χ0) is 29.6. The van der Waals surface area contributed by atoms with Crippen molar-refractivity contribution in [3.8, 4) is 0 Å². The Bertz CT molecular complexity index is 1340. The van der Waals surface area contributed by atoms with Gasteiger partial charge in [0.25, 0.3) is 6.50 Å². The molecule has 1 aliphatic rings. The van der Waals surface area contributed by atoms with Crippen molar-refractivity contribution in [1.82, 2.24) is 19.9 Å². The Hall–Kier alpha value is -2.62. The number of fused-ring (bicyclic) bond motifs is 1. The molecule has 1 amide bonds. The van der Waals surface area contributed by atoms with Gasteiger partial charge in [-0.1, -0.05) is 6.92 Å². The van der Waals surface area contributed by atoms with E-state index >= 15 is 0 Å². The molecule has 0 bridgehead atoms. The number of carbonyl (C=O) groups excluding carboxylic acids is 1. The number of hydrogen-bond donors (Lipinski definition) is 1. The number of likely N-dealkylation sites (tertiary alicyclic amines) is 1. The largest absolute Gasteiger partial charge is 0.354 e. The second-order valence-corrected chi connectivity index (χ2v) is 4.93. The van der Waals surface area contributed by atoms with Gasteiger partial charge in [0.1, 0.15) is 21.9 Å². The van der Waals surface area contributed by atoms with Gasteiger partial charge in [-0.25, -0.2) is 16.5 Å². The van der Waals surface area contributed by atoms with Gasteiger partial charge in [0.2, 0.25) is 0 Å². The van der Waals surface area contributed by atoms with E-state index in [9.17, 15) is 4.79 Å². The van der Waals surface area contributed by atoms with E-state index in [0.717, 1.165) is 0 Å². The fraction of sp³-hybridized carbons (Fsp3) is 0.529. The van der Waals surface area contributed by atoms with Crippen molar-refractivity contribution in [3.05, 3.63) is 29.5 Å². The van der Waals surface area contributed by atoms with Crippen LogP contribution in [0.4, 0.5) is 5.82 Å². The monoisotopic (exact) mass is 340 g/mol. The summed E-state index contributed by atoms with van der Waals surface area (Å²) in [5.74, 6) is -5.98. The average Bonchev–Trinajstić information content (AvgIpc) is 3.01. The van der Waals surface area contributed by atoms with Crippen LogP contribution in [0.15, 0.2) is 12.3 Å². The summed E-state index contributed by atoms with van der Waals surface area (Å²) in [6, 6.07) is -3.01. The van der Waals surface area contributed by atoms with Crippen molar-refractivity contribution in [2.75, 3.05) is 31.4 Å². The van der Waals surface area contributed by atoms with Crippen LogP contribution in [0.1, 0.15) is 38.2 Å². The number of anilines is 1. The van der Waals surface area contributed by atoms with Gasteiger partial charge < -0.3 is 19.6 Å². The van der Waals surface area contributed by atoms with Crippen molar-refractivity contribution < 1.29 is 24.0 Å². The molecule has 1 N–H and O–H groups in total. The molecule has 126 valence electrons. The van der Waals surface area contributed by atoms with Crippen molar-refractivity contribution in [1.29, 1.82) is 0 Å². The van der Waals surface area contributed by atoms with Gasteiger partial charge in [0, 0.05) is 36.6 Å². The lowest BCUT2D eigenvalue weighted by atomic mass is 9.92. The molecule has 2 aromatic rings. The van der Waals surface area contributed by atoms with Crippen molar-refractivity contribution in [3.63, 3.8) is 0 Å². The lowest BCUT2D eigenvalue weighted by Gasteiger charge is -2.41. The number of amides is 1.